The van der Waals surface area contributed by atoms with E-state index in [9.17, 15) is 9.59 Å². The van der Waals surface area contributed by atoms with E-state index in [1.807, 2.05) is 0 Å². The van der Waals surface area contributed by atoms with Gasteiger partial charge in [0.2, 0.25) is 11.8 Å². The molecule has 2 aliphatic rings. The van der Waals surface area contributed by atoms with Crippen LogP contribution in [0.3, 0.4) is 0 Å². The molecule has 0 radical (unpaired) electrons. The first kappa shape index (κ1) is 12.1. The lowest BCUT2D eigenvalue weighted by Gasteiger charge is -2.37. The summed E-state index contributed by atoms with van der Waals surface area (Å²) in [5.41, 5.74) is 0. The molecule has 1 aromatic heterocycles. The van der Waals surface area contributed by atoms with Gasteiger partial charge in [-0.3, -0.25) is 14.3 Å². The van der Waals surface area contributed by atoms with Crippen LogP contribution in [0.2, 0.25) is 0 Å². The highest BCUT2D eigenvalue weighted by atomic mass is 16.2. The van der Waals surface area contributed by atoms with Crippen LogP contribution in [0.4, 0.5) is 0 Å². The van der Waals surface area contributed by atoms with Gasteiger partial charge in [-0.1, -0.05) is 0 Å². The molecule has 1 aliphatic carbocycles. The molecule has 2 amide bonds. The van der Waals surface area contributed by atoms with Crippen molar-refractivity contribution in [1.82, 2.24) is 25.0 Å². The second kappa shape index (κ2) is 4.32. The van der Waals surface area contributed by atoms with Crippen LogP contribution in [-0.4, -0.2) is 43.6 Å². The largest absolute Gasteiger partial charge is 0.343 e. The molecule has 7 nitrogen and oxygen atoms in total. The molecular formula is C12H17N5O2. The van der Waals surface area contributed by atoms with Crippen LogP contribution >= 0.6 is 0 Å². The van der Waals surface area contributed by atoms with Crippen LogP contribution in [0.25, 0.3) is 0 Å². The van der Waals surface area contributed by atoms with Gasteiger partial charge in [0.1, 0.15) is 24.2 Å². The number of rotatable bonds is 3. The van der Waals surface area contributed by atoms with E-state index in [0.29, 0.717) is 18.3 Å². The molecule has 2 fully saturated rings. The molecule has 1 saturated carbocycles. The number of nitrogens with one attached hydrogen (secondary N) is 1. The third kappa shape index (κ3) is 2.09. The number of hydrogen-bond acceptors (Lipinski definition) is 4. The van der Waals surface area contributed by atoms with Gasteiger partial charge in [-0.2, -0.15) is 5.10 Å². The SMILES string of the molecule is CC1NC(=O)C(C2CC2)N(Cc2ncnn2C)C1=O. The summed E-state index contributed by atoms with van der Waals surface area (Å²) in [6.07, 6.45) is 3.48. The minimum absolute atomic E-state index is 0.0421. The highest BCUT2D eigenvalue weighted by Gasteiger charge is 2.47. The Kier molecular flexibility index (Phi) is 2.76. The van der Waals surface area contributed by atoms with Gasteiger partial charge in [0.05, 0.1) is 6.54 Å². The van der Waals surface area contributed by atoms with E-state index in [-0.39, 0.29) is 17.9 Å². The Morgan fingerprint density at radius 1 is 1.42 bits per heavy atom. The standard InChI is InChI=1S/C12H17N5O2/c1-7-12(19)17(5-9-13-6-14-16(9)2)10(8-3-4-8)11(18)15-7/h6-8,10H,3-5H2,1-2H3,(H,15,18). The maximum atomic E-state index is 12.3. The molecule has 7 heteroatoms. The van der Waals surface area contributed by atoms with E-state index in [1.165, 1.54) is 6.33 Å². The monoisotopic (exact) mass is 263 g/mol. The molecule has 102 valence electrons. The zero-order chi connectivity index (χ0) is 13.6. The topological polar surface area (TPSA) is 80.1 Å². The maximum absolute atomic E-state index is 12.3. The van der Waals surface area contributed by atoms with Crippen molar-refractivity contribution in [2.24, 2.45) is 13.0 Å². The molecule has 0 aromatic carbocycles. The number of nitrogens with zero attached hydrogens (tertiary/aromatic N) is 4. The van der Waals surface area contributed by atoms with Crippen molar-refractivity contribution in [3.8, 4) is 0 Å². The molecule has 1 aliphatic heterocycles. The maximum Gasteiger partial charge on any atom is 0.245 e. The molecule has 0 spiro atoms. The van der Waals surface area contributed by atoms with Crippen molar-refractivity contribution in [2.75, 3.05) is 0 Å². The molecule has 1 N–H and O–H groups in total. The Morgan fingerprint density at radius 3 is 2.74 bits per heavy atom. The number of aryl methyl sites for hydroxylation is 1. The predicted octanol–water partition coefficient (Wildman–Crippen LogP) is -0.559. The summed E-state index contributed by atoms with van der Waals surface area (Å²) in [5, 5.41) is 6.75. The lowest BCUT2D eigenvalue weighted by Crippen LogP contribution is -2.62. The van der Waals surface area contributed by atoms with Crippen molar-refractivity contribution in [2.45, 2.75) is 38.4 Å². The summed E-state index contributed by atoms with van der Waals surface area (Å²) >= 11 is 0. The Hall–Kier alpha value is -1.92. The molecule has 3 rings (SSSR count). The van der Waals surface area contributed by atoms with E-state index in [2.05, 4.69) is 15.4 Å². The molecular weight excluding hydrogens is 246 g/mol. The van der Waals surface area contributed by atoms with Crippen LogP contribution in [-0.2, 0) is 23.2 Å². The summed E-state index contributed by atoms with van der Waals surface area (Å²) in [4.78, 5) is 30.2. The quantitative estimate of drug-likeness (QED) is 0.792. The Labute approximate surface area is 111 Å². The van der Waals surface area contributed by atoms with Crippen LogP contribution in [0.1, 0.15) is 25.6 Å². The molecule has 1 saturated heterocycles. The normalized spacial score (nSPS) is 27.6. The zero-order valence-electron chi connectivity index (χ0n) is 11.0. The molecule has 2 heterocycles. The zero-order valence-corrected chi connectivity index (χ0v) is 11.0. The van der Waals surface area contributed by atoms with E-state index in [4.69, 9.17) is 0 Å². The van der Waals surface area contributed by atoms with Crippen molar-refractivity contribution in [1.29, 1.82) is 0 Å². The fraction of sp³-hybridized carbons (Fsp3) is 0.667. The van der Waals surface area contributed by atoms with Gasteiger partial charge in [0.15, 0.2) is 0 Å². The predicted molar refractivity (Wildman–Crippen MR) is 65.7 cm³/mol. The average molecular weight is 263 g/mol. The smallest absolute Gasteiger partial charge is 0.245 e. The number of carbonyl (C=O) groups excluding carboxylic acids is 2. The minimum atomic E-state index is -0.462. The summed E-state index contributed by atoms with van der Waals surface area (Å²) in [5.74, 6) is 0.904. The van der Waals surface area contributed by atoms with Gasteiger partial charge in [0, 0.05) is 7.05 Å². The van der Waals surface area contributed by atoms with Gasteiger partial charge in [-0.05, 0) is 25.7 Å². The Balaban J connectivity index is 1.87. The van der Waals surface area contributed by atoms with Crippen molar-refractivity contribution >= 4 is 11.8 Å². The molecule has 1 aromatic rings. The summed E-state index contributed by atoms with van der Waals surface area (Å²) in [6, 6.07) is -0.809. The second-order valence-electron chi connectivity index (χ2n) is 5.28. The number of aromatic nitrogens is 3. The van der Waals surface area contributed by atoms with Crippen LogP contribution < -0.4 is 5.32 Å². The molecule has 19 heavy (non-hydrogen) atoms. The van der Waals surface area contributed by atoms with E-state index in [0.717, 1.165) is 12.8 Å². The number of piperazine rings is 1. The highest BCUT2D eigenvalue weighted by Crippen LogP contribution is 2.37. The lowest BCUT2D eigenvalue weighted by molar-refractivity contribution is -0.150. The van der Waals surface area contributed by atoms with Crippen LogP contribution in [0.5, 0.6) is 0 Å². The van der Waals surface area contributed by atoms with Gasteiger partial charge < -0.3 is 10.2 Å². The number of amides is 2. The highest BCUT2D eigenvalue weighted by molar-refractivity contribution is 5.97. The van der Waals surface area contributed by atoms with Crippen LogP contribution in [0, 0.1) is 5.92 Å². The van der Waals surface area contributed by atoms with Crippen molar-refractivity contribution in [3.05, 3.63) is 12.2 Å². The van der Waals surface area contributed by atoms with E-state index >= 15 is 0 Å². The molecule has 2 unspecified atom stereocenters. The van der Waals surface area contributed by atoms with Gasteiger partial charge in [-0.25, -0.2) is 4.98 Å². The minimum Gasteiger partial charge on any atom is -0.343 e. The van der Waals surface area contributed by atoms with Gasteiger partial charge in [0.25, 0.3) is 0 Å². The second-order valence-corrected chi connectivity index (χ2v) is 5.28. The van der Waals surface area contributed by atoms with Gasteiger partial charge >= 0.3 is 0 Å². The fourth-order valence-electron chi connectivity index (χ4n) is 2.56. The first-order valence-electron chi connectivity index (χ1n) is 6.51. The first-order valence-corrected chi connectivity index (χ1v) is 6.51. The van der Waals surface area contributed by atoms with E-state index in [1.54, 1.807) is 23.6 Å². The number of carbonyl (C=O) groups is 2. The van der Waals surface area contributed by atoms with Gasteiger partial charge in [-0.15, -0.1) is 0 Å². The lowest BCUT2D eigenvalue weighted by atomic mass is 10.0. The van der Waals surface area contributed by atoms with Crippen molar-refractivity contribution < 1.29 is 9.59 Å². The summed E-state index contributed by atoms with van der Waals surface area (Å²) in [7, 11) is 1.78. The average Bonchev–Trinajstić information content (AvgIpc) is 3.11. The fourth-order valence-corrected chi connectivity index (χ4v) is 2.56. The molecule has 0 bridgehead atoms. The summed E-state index contributed by atoms with van der Waals surface area (Å²) < 4.78 is 1.63. The third-order valence-electron chi connectivity index (χ3n) is 3.80. The Morgan fingerprint density at radius 2 is 2.16 bits per heavy atom. The van der Waals surface area contributed by atoms with Crippen LogP contribution in [0.15, 0.2) is 6.33 Å². The van der Waals surface area contributed by atoms with E-state index < -0.39 is 6.04 Å². The third-order valence-corrected chi connectivity index (χ3v) is 3.80. The van der Waals surface area contributed by atoms with Crippen molar-refractivity contribution in [3.63, 3.8) is 0 Å². The summed E-state index contributed by atoms with van der Waals surface area (Å²) in [6.45, 7) is 2.06. The number of hydrogen-bond donors (Lipinski definition) is 1. The molecule has 2 atom stereocenters. The first-order chi connectivity index (χ1) is 9.08. The Bertz CT molecular complexity index is 522.